The summed E-state index contributed by atoms with van der Waals surface area (Å²) in [6.45, 7) is 9.25. The third-order valence-corrected chi connectivity index (χ3v) is 27.3. The monoisotopic (exact) mass is 1970 g/mol. The fourth-order valence-corrected chi connectivity index (χ4v) is 19.4. The molecule has 6 saturated heterocycles. The van der Waals surface area contributed by atoms with Crippen LogP contribution in [0.3, 0.4) is 0 Å². The Bertz CT molecular complexity index is 7110. The number of nitrogens with zero attached hydrogens (tertiary/aromatic N) is 18. The smallest absolute Gasteiger partial charge is 0.248 e. The maximum absolute atomic E-state index is 11.8. The highest BCUT2D eigenvalue weighted by Crippen LogP contribution is 2.43. The number of methoxy groups -OCH3 is 2. The number of halogens is 6. The number of H-pyrrole nitrogens is 1. The number of pyridine rings is 4. The van der Waals surface area contributed by atoms with Crippen molar-refractivity contribution in [3.05, 3.63) is 301 Å². The molecule has 6 fully saturated rings. The van der Waals surface area contributed by atoms with E-state index in [0.717, 1.165) is 295 Å². The highest BCUT2D eigenvalue weighted by atomic mass is 35.5. The first-order valence-electron chi connectivity index (χ1n) is 46.2. The number of hydrogen-bond donors (Lipinski definition) is 2. The van der Waals surface area contributed by atoms with Crippen LogP contribution in [0.1, 0.15) is 147 Å². The van der Waals surface area contributed by atoms with Crippen molar-refractivity contribution in [3.63, 3.8) is 0 Å². The number of nitrogens with one attached hydrogen (secondary N) is 1. The van der Waals surface area contributed by atoms with Crippen LogP contribution in [-0.4, -0.2) is 192 Å². The van der Waals surface area contributed by atoms with Crippen LogP contribution in [0.2, 0.25) is 30.1 Å². The van der Waals surface area contributed by atoms with Gasteiger partial charge in [-0.15, -0.1) is 0 Å². The second kappa shape index (κ2) is 44.2. The van der Waals surface area contributed by atoms with Gasteiger partial charge >= 0.3 is 0 Å². The fraction of sp³-hybridized carbons (Fsp3) is 0.311. The molecule has 35 heteroatoms. The number of benzene rings is 6. The summed E-state index contributed by atoms with van der Waals surface area (Å²) >= 11 is 35.9. The number of aromatic hydroxyl groups is 1. The Morgan fingerprint density at radius 3 is 1.12 bits per heavy atom. The average Bonchev–Trinajstić information content (AvgIpc) is 1.60. The topological polar surface area (TPSA) is 311 Å². The molecular formula is C103H99Cl6N19O10. The zero-order valence-electron chi connectivity index (χ0n) is 75.7. The third kappa shape index (κ3) is 21.3. The lowest BCUT2D eigenvalue weighted by molar-refractivity contribution is 0.0845. The van der Waals surface area contributed by atoms with E-state index in [0.29, 0.717) is 60.6 Å². The molecule has 0 bridgehead atoms. The molecule has 0 radical (unpaired) electrons. The van der Waals surface area contributed by atoms with Gasteiger partial charge in [-0.3, -0.25) is 14.8 Å². The second-order valence-corrected chi connectivity index (χ2v) is 36.9. The van der Waals surface area contributed by atoms with Gasteiger partial charge in [0.15, 0.2) is 0 Å². The molecule has 29 nitrogen and oxygen atoms in total. The molecule has 708 valence electrons. The quantitative estimate of drug-likeness (QED) is 0.102. The van der Waals surface area contributed by atoms with Crippen molar-refractivity contribution in [2.24, 2.45) is 0 Å². The summed E-state index contributed by atoms with van der Waals surface area (Å²) in [5.41, 5.74) is 19.6. The largest absolute Gasteiger partial charge is 0.506 e. The van der Waals surface area contributed by atoms with E-state index in [1.165, 1.54) is 11.8 Å². The Morgan fingerprint density at radius 2 is 0.674 bits per heavy atom. The maximum atomic E-state index is 11.8. The lowest BCUT2D eigenvalue weighted by Crippen LogP contribution is -2.15. The molecule has 24 rings (SSSR count). The van der Waals surface area contributed by atoms with E-state index in [1.807, 2.05) is 200 Å². The first-order valence-corrected chi connectivity index (χ1v) is 48.4. The highest BCUT2D eigenvalue weighted by Gasteiger charge is 2.32. The first-order chi connectivity index (χ1) is 67.6. The molecule has 0 amide bonds. The van der Waals surface area contributed by atoms with Gasteiger partial charge in [-0.2, -0.15) is 25.5 Å². The molecule has 18 aromatic rings. The zero-order valence-corrected chi connectivity index (χ0v) is 80.3. The molecule has 2 N–H and O–H groups in total. The van der Waals surface area contributed by atoms with Crippen LogP contribution in [-0.2, 0) is 28.4 Å². The van der Waals surface area contributed by atoms with Crippen LogP contribution in [0, 0.1) is 0 Å². The summed E-state index contributed by atoms with van der Waals surface area (Å²) in [4.78, 5) is 44.6. The van der Waals surface area contributed by atoms with Crippen molar-refractivity contribution in [2.45, 2.75) is 113 Å². The number of ether oxygens (including phenoxy) is 8. The minimum atomic E-state index is -0.110. The normalized spacial score (nSPS) is 16.0. The molecule has 0 unspecified atom stereocenters. The summed E-state index contributed by atoms with van der Waals surface area (Å²) in [5, 5.41) is 42.6. The van der Waals surface area contributed by atoms with Crippen LogP contribution < -0.4 is 15.0 Å². The Kier molecular flexibility index (Phi) is 30.3. The van der Waals surface area contributed by atoms with Crippen LogP contribution in [0.15, 0.2) is 231 Å². The van der Waals surface area contributed by atoms with Crippen LogP contribution in [0.25, 0.3) is 99.8 Å². The highest BCUT2D eigenvalue weighted by molar-refractivity contribution is 6.32. The fourth-order valence-electron chi connectivity index (χ4n) is 18.7. The van der Waals surface area contributed by atoms with Crippen molar-refractivity contribution < 1.29 is 43.0 Å². The SMILES string of the molecule is COc1cc2c(C3CCOCC3)nn(-c3ccc(Cl)cc3)c2cn1.COc1cncc2c1c(C1CCOCC1)nn2-c1ccc(Cl)cc1.Clc1ccc(-n2cc(C3CCOCC3)c3ncncc32)cc1.Clc1ccc(-n2nc(C3CCOCC3)c3ncncc32)cc1.O=c1cc2c(C3CCOCC3)nn(-c3ccc(Cl)cc3)c2c[nH]1.Oc1cncc2c1c(C1CCOCC1)nn2-c1ccc(Cl)cc1. The van der Waals surface area contributed by atoms with Crippen molar-refractivity contribution in [2.75, 3.05) is 93.5 Å². The Labute approximate surface area is 824 Å². The van der Waals surface area contributed by atoms with Crippen LogP contribution >= 0.6 is 69.6 Å². The molecule has 18 heterocycles. The lowest BCUT2D eigenvalue weighted by atomic mass is 9.93. The molecule has 0 saturated carbocycles. The number of aromatic nitrogens is 19. The van der Waals surface area contributed by atoms with Gasteiger partial charge in [0.25, 0.3) is 0 Å². The molecule has 6 aliphatic rings. The van der Waals surface area contributed by atoms with Gasteiger partial charge in [0.1, 0.15) is 35.2 Å². The number of fused-ring (bicyclic) bond motifs is 6. The molecule has 0 spiro atoms. The molecule has 0 atom stereocenters. The molecule has 0 aliphatic carbocycles. The first kappa shape index (κ1) is 94.6. The summed E-state index contributed by atoms with van der Waals surface area (Å²) in [6, 6.07) is 49.4. The summed E-state index contributed by atoms with van der Waals surface area (Å²) in [5.74, 6) is 3.78. The Morgan fingerprint density at radius 1 is 0.333 bits per heavy atom. The van der Waals surface area contributed by atoms with Gasteiger partial charge in [-0.05, 0) is 234 Å². The number of aromatic amines is 1. The summed E-state index contributed by atoms with van der Waals surface area (Å²) in [7, 11) is 3.30. The number of hydrogen-bond acceptors (Lipinski definition) is 22. The third-order valence-electron chi connectivity index (χ3n) is 25.8. The van der Waals surface area contributed by atoms with E-state index in [-0.39, 0.29) is 17.2 Å². The molecule has 138 heavy (non-hydrogen) atoms. The predicted octanol–water partition coefficient (Wildman–Crippen LogP) is 22.2. The lowest BCUT2D eigenvalue weighted by Gasteiger charge is -2.21. The number of rotatable bonds is 14. The van der Waals surface area contributed by atoms with E-state index in [4.69, 9.17) is 133 Å². The summed E-state index contributed by atoms with van der Waals surface area (Å²) < 4.78 is 55.3. The van der Waals surface area contributed by atoms with Crippen molar-refractivity contribution in [3.8, 4) is 51.5 Å². The van der Waals surface area contributed by atoms with E-state index in [1.54, 1.807) is 51.5 Å². The van der Waals surface area contributed by atoms with Crippen LogP contribution in [0.5, 0.6) is 17.4 Å². The van der Waals surface area contributed by atoms with Gasteiger partial charge in [0.05, 0.1) is 158 Å². The van der Waals surface area contributed by atoms with Crippen LogP contribution in [0.4, 0.5) is 0 Å². The maximum Gasteiger partial charge on any atom is 0.248 e. The van der Waals surface area contributed by atoms with Crippen molar-refractivity contribution in [1.29, 1.82) is 0 Å². The summed E-state index contributed by atoms with van der Waals surface area (Å²) in [6.07, 6.45) is 31.1. The van der Waals surface area contributed by atoms with Gasteiger partial charge in [0, 0.05) is 180 Å². The van der Waals surface area contributed by atoms with E-state index < -0.39 is 0 Å². The molecular weight excluding hydrogens is 1880 g/mol. The van der Waals surface area contributed by atoms with Gasteiger partial charge in [0.2, 0.25) is 11.4 Å². The van der Waals surface area contributed by atoms with Gasteiger partial charge in [-0.1, -0.05) is 69.6 Å². The van der Waals surface area contributed by atoms with E-state index in [9.17, 15) is 9.90 Å². The van der Waals surface area contributed by atoms with E-state index in [2.05, 4.69) is 50.6 Å². The second-order valence-electron chi connectivity index (χ2n) is 34.3. The average molecular weight is 1980 g/mol. The van der Waals surface area contributed by atoms with Gasteiger partial charge < -0.3 is 52.6 Å². The predicted molar refractivity (Wildman–Crippen MR) is 535 cm³/mol. The Balaban J connectivity index is 0.000000106. The standard InChI is InChI=1S/2C18H18ClN3O2.2C17H16ClN3O2.C17H16ClN3O.C16H15ClN4O/c1-23-16-11-20-10-15-17(16)18(12-6-8-24-9-7-12)21-22(15)14-4-2-13(19)3-5-14;1-23-17-10-15-16(11-20-17)22(14-4-2-13(19)3-5-14)21-18(15)12-6-8-24-9-7-12;18-12-1-3-13(4-2-12)21-14-9-19-10-15(22)16(14)17(20-21)11-5-7-23-8-6-11;18-12-1-3-13(4-2-12)21-15-10-19-16(22)9-14(15)17(20-21)11-5-7-23-8-6-11;18-13-1-3-14(4-2-13)21-10-15(12-5-7-22-8-6-12)17-16(21)9-19-11-20-17;17-12-1-3-13(4-2-12)21-14-9-18-10-19-16(14)15(20-21)11-5-7-22-8-6-11/h2*2-5,10-12H,6-9H2,1H3;1-4,9-11,22H,5-8H2;1-4,9-11H,5-8H2,(H,19,22);1-4,9-12H,5-8H2;1-4,9-11H,5-8H2. The minimum Gasteiger partial charge on any atom is -0.506 e. The van der Waals surface area contributed by atoms with Crippen molar-refractivity contribution in [1.82, 2.24) is 93.3 Å². The Hall–Kier alpha value is -12.3. The van der Waals surface area contributed by atoms with Gasteiger partial charge in [-0.25, -0.2) is 48.3 Å². The van der Waals surface area contributed by atoms with E-state index >= 15 is 0 Å². The molecule has 6 aromatic carbocycles. The zero-order chi connectivity index (χ0) is 94.5. The minimum absolute atomic E-state index is 0.110. The van der Waals surface area contributed by atoms with Crippen molar-refractivity contribution >= 4 is 135 Å². The molecule has 12 aromatic heterocycles. The molecule has 6 aliphatic heterocycles.